The first-order chi connectivity index (χ1) is 8.88. The van der Waals surface area contributed by atoms with Gasteiger partial charge in [-0.3, -0.25) is 9.59 Å². The molecule has 0 saturated carbocycles. The van der Waals surface area contributed by atoms with Gasteiger partial charge in [-0.15, -0.1) is 0 Å². The summed E-state index contributed by atoms with van der Waals surface area (Å²) in [5, 5.41) is 0. The lowest BCUT2D eigenvalue weighted by Gasteiger charge is -2.32. The van der Waals surface area contributed by atoms with Crippen LogP contribution in [0.5, 0.6) is 0 Å². The van der Waals surface area contributed by atoms with E-state index in [1.165, 1.54) is 0 Å². The lowest BCUT2D eigenvalue weighted by atomic mass is 9.73. The Morgan fingerprint density at radius 2 is 1.63 bits per heavy atom. The maximum atomic E-state index is 12.1. The molecule has 0 spiro atoms. The van der Waals surface area contributed by atoms with Gasteiger partial charge in [0.05, 0.1) is 25.6 Å². The third kappa shape index (κ3) is 6.60. The second-order valence-electron chi connectivity index (χ2n) is 5.41. The van der Waals surface area contributed by atoms with Gasteiger partial charge in [0.25, 0.3) is 0 Å². The predicted molar refractivity (Wildman–Crippen MR) is 74.7 cm³/mol. The summed E-state index contributed by atoms with van der Waals surface area (Å²) in [6, 6.07) is 0. The molecule has 112 valence electrons. The smallest absolute Gasteiger partial charge is 0.310 e. The van der Waals surface area contributed by atoms with Gasteiger partial charge in [-0.25, -0.2) is 0 Å². The van der Waals surface area contributed by atoms with Crippen LogP contribution < -0.4 is 0 Å². The quantitative estimate of drug-likeness (QED) is 0.604. The molecular weight excluding hydrogens is 244 g/mol. The number of unbranched alkanes of at least 4 members (excludes halogenated alkanes) is 1. The van der Waals surface area contributed by atoms with E-state index in [9.17, 15) is 9.59 Å². The number of carbonyl (C=O) groups excluding carboxylic acids is 2. The van der Waals surface area contributed by atoms with E-state index in [1.807, 2.05) is 13.8 Å². The van der Waals surface area contributed by atoms with E-state index in [0.717, 1.165) is 19.3 Å². The fourth-order valence-corrected chi connectivity index (χ4v) is 2.11. The van der Waals surface area contributed by atoms with Gasteiger partial charge in [-0.1, -0.05) is 33.6 Å². The Hall–Kier alpha value is -1.06. The Morgan fingerprint density at radius 3 is 2.11 bits per heavy atom. The van der Waals surface area contributed by atoms with Crippen LogP contribution in [0.4, 0.5) is 0 Å². The van der Waals surface area contributed by atoms with Gasteiger partial charge in [0.15, 0.2) is 0 Å². The molecule has 0 aliphatic carbocycles. The van der Waals surface area contributed by atoms with E-state index in [1.54, 1.807) is 13.8 Å². The first kappa shape index (κ1) is 17.9. The van der Waals surface area contributed by atoms with E-state index >= 15 is 0 Å². The Labute approximate surface area is 116 Å². The monoisotopic (exact) mass is 272 g/mol. The minimum absolute atomic E-state index is 0.101. The molecule has 4 heteroatoms. The maximum absolute atomic E-state index is 12.1. The standard InChI is InChI=1S/C15H28O4/c1-6-9-10-15(4,5)12(14(17)19-8-3)11-13(16)18-7-2/h12H,6-11H2,1-5H3. The SMILES string of the molecule is CCCCC(C)(C)C(CC(=O)OCC)C(=O)OCC. The van der Waals surface area contributed by atoms with Crippen molar-refractivity contribution in [1.29, 1.82) is 0 Å². The molecule has 0 saturated heterocycles. The summed E-state index contributed by atoms with van der Waals surface area (Å²) in [6.45, 7) is 10.4. The van der Waals surface area contributed by atoms with E-state index < -0.39 is 5.92 Å². The molecule has 0 rings (SSSR count). The van der Waals surface area contributed by atoms with E-state index in [0.29, 0.717) is 13.2 Å². The second kappa shape index (κ2) is 8.94. The van der Waals surface area contributed by atoms with Gasteiger partial charge in [-0.2, -0.15) is 0 Å². The largest absolute Gasteiger partial charge is 0.466 e. The summed E-state index contributed by atoms with van der Waals surface area (Å²) in [7, 11) is 0. The molecule has 19 heavy (non-hydrogen) atoms. The summed E-state index contributed by atoms with van der Waals surface area (Å²) < 4.78 is 10.1. The number of carbonyl (C=O) groups is 2. The van der Waals surface area contributed by atoms with Gasteiger partial charge < -0.3 is 9.47 Å². The molecule has 0 N–H and O–H groups in total. The second-order valence-corrected chi connectivity index (χ2v) is 5.41. The fraction of sp³-hybridized carbons (Fsp3) is 0.867. The molecule has 0 aliphatic rings. The van der Waals surface area contributed by atoms with E-state index in [-0.39, 0.29) is 23.8 Å². The third-order valence-electron chi connectivity index (χ3n) is 3.37. The summed E-state index contributed by atoms with van der Waals surface area (Å²) in [4.78, 5) is 23.7. The topological polar surface area (TPSA) is 52.6 Å². The summed E-state index contributed by atoms with van der Waals surface area (Å²) in [5.74, 6) is -1.06. The van der Waals surface area contributed by atoms with Gasteiger partial charge in [-0.05, 0) is 25.7 Å². The number of ether oxygens (including phenoxy) is 2. The highest BCUT2D eigenvalue weighted by atomic mass is 16.5. The van der Waals surface area contributed by atoms with Crippen LogP contribution in [-0.2, 0) is 19.1 Å². The molecule has 0 aromatic rings. The van der Waals surface area contributed by atoms with Crippen molar-refractivity contribution in [2.24, 2.45) is 11.3 Å². The highest BCUT2D eigenvalue weighted by Gasteiger charge is 2.37. The lowest BCUT2D eigenvalue weighted by Crippen LogP contribution is -2.35. The number of esters is 2. The van der Waals surface area contributed by atoms with Crippen LogP contribution in [-0.4, -0.2) is 25.2 Å². The Kier molecular flexibility index (Phi) is 8.44. The molecule has 4 nitrogen and oxygen atoms in total. The molecule has 0 amide bonds. The zero-order chi connectivity index (χ0) is 14.9. The first-order valence-corrected chi connectivity index (χ1v) is 7.21. The van der Waals surface area contributed by atoms with Crippen molar-refractivity contribution in [3.05, 3.63) is 0 Å². The van der Waals surface area contributed by atoms with Gasteiger partial charge in [0, 0.05) is 0 Å². The zero-order valence-corrected chi connectivity index (χ0v) is 13.0. The van der Waals surface area contributed by atoms with Crippen LogP contribution in [0.1, 0.15) is 60.3 Å². The average molecular weight is 272 g/mol. The minimum Gasteiger partial charge on any atom is -0.466 e. The highest BCUT2D eigenvalue weighted by molar-refractivity contribution is 5.80. The predicted octanol–water partition coefficient (Wildman–Crippen LogP) is 3.34. The van der Waals surface area contributed by atoms with E-state index in [4.69, 9.17) is 9.47 Å². The lowest BCUT2D eigenvalue weighted by molar-refractivity contribution is -0.159. The van der Waals surface area contributed by atoms with Crippen molar-refractivity contribution in [1.82, 2.24) is 0 Å². The Morgan fingerprint density at radius 1 is 1.05 bits per heavy atom. The van der Waals surface area contributed by atoms with E-state index in [2.05, 4.69) is 6.92 Å². The van der Waals surface area contributed by atoms with Crippen LogP contribution in [0, 0.1) is 11.3 Å². The Bertz CT molecular complexity index is 284. The van der Waals surface area contributed by atoms with Crippen molar-refractivity contribution < 1.29 is 19.1 Å². The van der Waals surface area contributed by atoms with Crippen molar-refractivity contribution >= 4 is 11.9 Å². The van der Waals surface area contributed by atoms with Crippen molar-refractivity contribution in [2.45, 2.75) is 60.3 Å². The average Bonchev–Trinajstić information content (AvgIpc) is 2.34. The van der Waals surface area contributed by atoms with Crippen molar-refractivity contribution in [3.8, 4) is 0 Å². The molecule has 1 atom stereocenters. The number of hydrogen-bond acceptors (Lipinski definition) is 4. The van der Waals surface area contributed by atoms with Crippen molar-refractivity contribution in [2.75, 3.05) is 13.2 Å². The molecule has 0 heterocycles. The molecule has 0 bridgehead atoms. The van der Waals surface area contributed by atoms with Crippen LogP contribution in [0.25, 0.3) is 0 Å². The van der Waals surface area contributed by atoms with Crippen LogP contribution in [0.3, 0.4) is 0 Å². The van der Waals surface area contributed by atoms with Gasteiger partial charge in [0.2, 0.25) is 0 Å². The minimum atomic E-state index is -0.432. The molecule has 0 aromatic heterocycles. The summed E-state index contributed by atoms with van der Waals surface area (Å²) >= 11 is 0. The number of hydrogen-bond donors (Lipinski definition) is 0. The summed E-state index contributed by atoms with van der Waals surface area (Å²) in [5.41, 5.74) is -0.255. The number of rotatable bonds is 9. The van der Waals surface area contributed by atoms with Crippen molar-refractivity contribution in [3.63, 3.8) is 0 Å². The maximum Gasteiger partial charge on any atom is 0.310 e. The molecular formula is C15H28O4. The zero-order valence-electron chi connectivity index (χ0n) is 13.0. The van der Waals surface area contributed by atoms with Crippen LogP contribution in [0.15, 0.2) is 0 Å². The normalized spacial score (nSPS) is 12.9. The van der Waals surface area contributed by atoms with Gasteiger partial charge in [0.1, 0.15) is 0 Å². The third-order valence-corrected chi connectivity index (χ3v) is 3.37. The van der Waals surface area contributed by atoms with Crippen LogP contribution >= 0.6 is 0 Å². The first-order valence-electron chi connectivity index (χ1n) is 7.21. The summed E-state index contributed by atoms with van der Waals surface area (Å²) in [6.07, 6.45) is 3.10. The van der Waals surface area contributed by atoms with Crippen LogP contribution in [0.2, 0.25) is 0 Å². The highest BCUT2D eigenvalue weighted by Crippen LogP contribution is 2.36. The molecule has 0 aromatic carbocycles. The molecule has 1 unspecified atom stereocenters. The Balaban J connectivity index is 4.83. The molecule has 0 radical (unpaired) electrons. The fourth-order valence-electron chi connectivity index (χ4n) is 2.11. The molecule has 0 fully saturated rings. The van der Waals surface area contributed by atoms with Gasteiger partial charge >= 0.3 is 11.9 Å². The molecule has 0 aliphatic heterocycles.